The first-order chi connectivity index (χ1) is 19.6. The van der Waals surface area contributed by atoms with Crippen LogP contribution in [-0.4, -0.2) is 0 Å². The molecule has 2 unspecified atom stereocenters. The Morgan fingerprint density at radius 1 is 0.525 bits per heavy atom. The van der Waals surface area contributed by atoms with Gasteiger partial charge in [0.1, 0.15) is 0 Å². The molecule has 0 aromatic heterocycles. The molecule has 0 heterocycles. The van der Waals surface area contributed by atoms with Crippen molar-refractivity contribution in [3.8, 4) is 11.1 Å². The van der Waals surface area contributed by atoms with E-state index in [1.165, 1.54) is 59.7 Å². The van der Waals surface area contributed by atoms with E-state index in [-0.39, 0.29) is 0 Å². The highest BCUT2D eigenvalue weighted by Gasteiger charge is 2.42. The Morgan fingerprint density at radius 3 is 1.73 bits per heavy atom. The van der Waals surface area contributed by atoms with E-state index in [1.807, 2.05) is 0 Å². The maximum atomic E-state index is 3.62. The Balaban J connectivity index is 1.28. The summed E-state index contributed by atoms with van der Waals surface area (Å²) < 4.78 is 2.16. The highest BCUT2D eigenvalue weighted by molar-refractivity contribution is 9.10. The molecule has 0 amide bonds. The van der Waals surface area contributed by atoms with Crippen LogP contribution in [0.1, 0.15) is 55.1 Å². The SMILES string of the molecule is Brc1ccc(N(c2ccc(Br)cc2)c2ccc(-c3ccc4c(c3)C3CC5CC(CC4C5)C3)c3ccccc23)cc1. The minimum Gasteiger partial charge on any atom is -0.310 e. The molecule has 0 N–H and O–H groups in total. The van der Waals surface area contributed by atoms with Crippen LogP contribution in [0.5, 0.6) is 0 Å². The molecule has 5 aromatic carbocycles. The summed E-state index contributed by atoms with van der Waals surface area (Å²) in [5.74, 6) is 3.43. The van der Waals surface area contributed by atoms with E-state index in [4.69, 9.17) is 0 Å². The van der Waals surface area contributed by atoms with E-state index in [0.717, 1.165) is 44.0 Å². The van der Waals surface area contributed by atoms with Crippen molar-refractivity contribution < 1.29 is 0 Å². The lowest BCUT2D eigenvalue weighted by Gasteiger charge is -2.38. The Labute approximate surface area is 253 Å². The summed E-state index contributed by atoms with van der Waals surface area (Å²) in [5.41, 5.74) is 9.48. The fourth-order valence-electron chi connectivity index (χ4n) is 8.16. The fourth-order valence-corrected chi connectivity index (χ4v) is 8.69. The number of anilines is 3. The molecule has 40 heavy (non-hydrogen) atoms. The molecule has 4 aliphatic rings. The molecule has 0 aliphatic heterocycles. The molecule has 2 atom stereocenters. The highest BCUT2D eigenvalue weighted by atomic mass is 79.9. The van der Waals surface area contributed by atoms with Gasteiger partial charge in [-0.15, -0.1) is 0 Å². The lowest BCUT2D eigenvalue weighted by Crippen LogP contribution is -2.25. The summed E-state index contributed by atoms with van der Waals surface area (Å²) in [6, 6.07) is 38.3. The van der Waals surface area contributed by atoms with Crippen molar-refractivity contribution in [3.63, 3.8) is 0 Å². The number of halogens is 2. The van der Waals surface area contributed by atoms with Gasteiger partial charge in [0.15, 0.2) is 0 Å². The second kappa shape index (κ2) is 9.89. The van der Waals surface area contributed by atoms with E-state index in [0.29, 0.717) is 0 Å². The van der Waals surface area contributed by atoms with Gasteiger partial charge in [-0.3, -0.25) is 0 Å². The van der Waals surface area contributed by atoms with Crippen LogP contribution in [0.4, 0.5) is 17.1 Å². The van der Waals surface area contributed by atoms with Crippen molar-refractivity contribution >= 4 is 59.7 Å². The third-order valence-electron chi connectivity index (χ3n) is 9.73. The standard InChI is InChI=1S/C37H31Br2N/c38-28-6-10-30(11-7-28)40(31-12-8-29(39)9-13-31)37-16-15-32(34-3-1-2-4-35(34)37)25-5-14-33-26-18-23-17-24(19-26)21-27(20-23)36(33)22-25/h1-16,22-24,26-27H,17-21H2. The molecular weight excluding hydrogens is 618 g/mol. The third kappa shape index (κ3) is 4.25. The van der Waals surface area contributed by atoms with Crippen LogP contribution in [0.15, 0.2) is 112 Å². The van der Waals surface area contributed by atoms with Crippen molar-refractivity contribution in [2.24, 2.45) is 11.8 Å². The van der Waals surface area contributed by atoms with Gasteiger partial charge >= 0.3 is 0 Å². The summed E-state index contributed by atoms with van der Waals surface area (Å²) in [6.07, 6.45) is 7.11. The largest absolute Gasteiger partial charge is 0.310 e. The van der Waals surface area contributed by atoms with E-state index in [2.05, 4.69) is 140 Å². The van der Waals surface area contributed by atoms with Crippen molar-refractivity contribution in [2.75, 3.05) is 4.90 Å². The van der Waals surface area contributed by atoms with Crippen LogP contribution in [0.25, 0.3) is 21.9 Å². The van der Waals surface area contributed by atoms with Crippen LogP contribution in [0, 0.1) is 11.8 Å². The Morgan fingerprint density at radius 2 is 1.10 bits per heavy atom. The molecule has 0 saturated heterocycles. The zero-order valence-corrected chi connectivity index (χ0v) is 25.5. The molecule has 0 radical (unpaired) electrons. The second-order valence-electron chi connectivity index (χ2n) is 12.1. The molecule has 198 valence electrons. The van der Waals surface area contributed by atoms with Crippen LogP contribution in [-0.2, 0) is 0 Å². The molecule has 2 saturated carbocycles. The van der Waals surface area contributed by atoms with Gasteiger partial charge in [-0.2, -0.15) is 0 Å². The summed E-state index contributed by atoms with van der Waals surface area (Å²) in [6.45, 7) is 0. The van der Waals surface area contributed by atoms with Gasteiger partial charge in [-0.05, 0) is 138 Å². The first-order valence-corrected chi connectivity index (χ1v) is 16.2. The van der Waals surface area contributed by atoms with Gasteiger partial charge in [0.25, 0.3) is 0 Å². The number of nitrogens with zero attached hydrogens (tertiary/aromatic N) is 1. The first kappa shape index (κ1) is 24.9. The van der Waals surface area contributed by atoms with Gasteiger partial charge in [0, 0.05) is 25.7 Å². The summed E-state index contributed by atoms with van der Waals surface area (Å²) in [4.78, 5) is 2.37. The van der Waals surface area contributed by atoms with Gasteiger partial charge in [-0.1, -0.05) is 80.4 Å². The van der Waals surface area contributed by atoms with Crippen molar-refractivity contribution in [1.82, 2.24) is 0 Å². The summed E-state index contributed by atoms with van der Waals surface area (Å²) >= 11 is 7.24. The lowest BCUT2D eigenvalue weighted by atomic mass is 9.67. The summed E-state index contributed by atoms with van der Waals surface area (Å²) in [7, 11) is 0. The van der Waals surface area contributed by atoms with Crippen LogP contribution in [0.2, 0.25) is 0 Å². The van der Waals surface area contributed by atoms with Crippen molar-refractivity contribution in [3.05, 3.63) is 123 Å². The quantitative estimate of drug-likeness (QED) is 0.187. The van der Waals surface area contributed by atoms with E-state index in [1.54, 1.807) is 11.1 Å². The highest BCUT2D eigenvalue weighted by Crippen LogP contribution is 2.56. The summed E-state index contributed by atoms with van der Waals surface area (Å²) in [5, 5.41) is 2.57. The fraction of sp³-hybridized carbons (Fsp3) is 0.243. The zero-order valence-electron chi connectivity index (χ0n) is 22.4. The molecule has 2 fully saturated rings. The molecule has 4 bridgehead atoms. The average Bonchev–Trinajstić information content (AvgIpc) is 3.15. The molecule has 4 aliphatic carbocycles. The van der Waals surface area contributed by atoms with Crippen molar-refractivity contribution in [2.45, 2.75) is 43.9 Å². The molecular formula is C37H31Br2N. The van der Waals surface area contributed by atoms with Crippen LogP contribution < -0.4 is 4.90 Å². The normalized spacial score (nSPS) is 22.8. The maximum absolute atomic E-state index is 3.62. The van der Waals surface area contributed by atoms with Gasteiger partial charge in [0.2, 0.25) is 0 Å². The van der Waals surface area contributed by atoms with Crippen LogP contribution in [0.3, 0.4) is 0 Å². The molecule has 9 rings (SSSR count). The van der Waals surface area contributed by atoms with E-state index < -0.39 is 0 Å². The Bertz CT molecular complexity index is 1660. The lowest BCUT2D eigenvalue weighted by molar-refractivity contribution is 0.166. The number of rotatable bonds is 4. The third-order valence-corrected chi connectivity index (χ3v) is 10.8. The zero-order chi connectivity index (χ0) is 26.8. The number of hydrogen-bond donors (Lipinski definition) is 0. The van der Waals surface area contributed by atoms with Gasteiger partial charge < -0.3 is 4.90 Å². The second-order valence-corrected chi connectivity index (χ2v) is 13.9. The monoisotopic (exact) mass is 647 g/mol. The van der Waals surface area contributed by atoms with Crippen LogP contribution >= 0.6 is 31.9 Å². The number of fused-ring (bicyclic) bond motifs is 1. The minimum absolute atomic E-state index is 0.752. The number of benzene rings is 5. The molecule has 5 aromatic rings. The number of hydrogen-bond acceptors (Lipinski definition) is 1. The average molecular weight is 649 g/mol. The molecule has 1 nitrogen and oxygen atoms in total. The Hall–Kier alpha value is -2.88. The van der Waals surface area contributed by atoms with Crippen molar-refractivity contribution in [1.29, 1.82) is 0 Å². The van der Waals surface area contributed by atoms with Gasteiger partial charge in [-0.25, -0.2) is 0 Å². The topological polar surface area (TPSA) is 3.24 Å². The Kier molecular flexibility index (Phi) is 6.15. The maximum Gasteiger partial charge on any atom is 0.0540 e. The smallest absolute Gasteiger partial charge is 0.0540 e. The first-order valence-electron chi connectivity index (χ1n) is 14.6. The predicted octanol–water partition coefficient (Wildman–Crippen LogP) is 11.9. The minimum atomic E-state index is 0.752. The molecule has 0 spiro atoms. The van der Waals surface area contributed by atoms with Gasteiger partial charge in [0.05, 0.1) is 5.69 Å². The van der Waals surface area contributed by atoms with E-state index in [9.17, 15) is 0 Å². The molecule has 3 heteroatoms. The predicted molar refractivity (Wildman–Crippen MR) is 175 cm³/mol. The van der Waals surface area contributed by atoms with E-state index >= 15 is 0 Å².